The normalized spacial score (nSPS) is 18.4. The fraction of sp³-hybridized carbons (Fsp3) is 0.588. The highest BCUT2D eigenvalue weighted by Crippen LogP contribution is 2.21. The third kappa shape index (κ3) is 3.37. The summed E-state index contributed by atoms with van der Waals surface area (Å²) in [5.74, 6) is 1.53. The fourth-order valence-corrected chi connectivity index (χ4v) is 2.58. The van der Waals surface area contributed by atoms with E-state index in [1.165, 1.54) is 5.56 Å². The fourth-order valence-electron chi connectivity index (χ4n) is 2.58. The Kier molecular flexibility index (Phi) is 4.62. The Morgan fingerprint density at radius 1 is 1.26 bits per heavy atom. The Bertz CT molecular complexity index is 415. The van der Waals surface area contributed by atoms with E-state index < -0.39 is 0 Å². The Hall–Kier alpha value is -1.31. The van der Waals surface area contributed by atoms with E-state index in [4.69, 9.17) is 0 Å². The van der Waals surface area contributed by atoms with Crippen LogP contribution in [0.1, 0.15) is 61.9 Å². The molecule has 0 aromatic heterocycles. The van der Waals surface area contributed by atoms with Gasteiger partial charge in [-0.25, -0.2) is 0 Å². The number of amides is 1. The molecule has 0 N–H and O–H groups in total. The Morgan fingerprint density at radius 3 is 2.37 bits per heavy atom. The highest BCUT2D eigenvalue weighted by molar-refractivity contribution is 5.94. The number of hydrogen-bond acceptors (Lipinski definition) is 1. The summed E-state index contributed by atoms with van der Waals surface area (Å²) in [5.41, 5.74) is 2.16. The second-order valence-electron chi connectivity index (χ2n) is 5.91. The van der Waals surface area contributed by atoms with Crippen molar-refractivity contribution in [2.24, 2.45) is 5.92 Å². The van der Waals surface area contributed by atoms with E-state index in [2.05, 4.69) is 32.9 Å². The molecule has 2 heteroatoms. The number of likely N-dealkylation sites (tertiary alicyclic amines) is 1. The number of piperidine rings is 1. The molecule has 0 radical (unpaired) electrons. The number of hydrogen-bond donors (Lipinski definition) is 0. The van der Waals surface area contributed by atoms with Gasteiger partial charge in [0, 0.05) is 18.7 Å². The van der Waals surface area contributed by atoms with E-state index in [-0.39, 0.29) is 5.91 Å². The Balaban J connectivity index is 2.03. The summed E-state index contributed by atoms with van der Waals surface area (Å²) in [7, 11) is 0. The van der Waals surface area contributed by atoms with Gasteiger partial charge in [-0.2, -0.15) is 0 Å². The summed E-state index contributed by atoms with van der Waals surface area (Å²) in [6, 6.07) is 8.19. The zero-order chi connectivity index (χ0) is 13.8. The quantitative estimate of drug-likeness (QED) is 0.801. The summed E-state index contributed by atoms with van der Waals surface area (Å²) in [6.45, 7) is 8.50. The minimum absolute atomic E-state index is 0.197. The van der Waals surface area contributed by atoms with Crippen molar-refractivity contribution in [2.75, 3.05) is 13.1 Å². The maximum absolute atomic E-state index is 12.4. The van der Waals surface area contributed by atoms with Gasteiger partial charge in [0.1, 0.15) is 0 Å². The molecular formula is C17H25NO. The number of nitrogens with zero attached hydrogens (tertiary/aromatic N) is 1. The van der Waals surface area contributed by atoms with Crippen molar-refractivity contribution >= 4 is 5.91 Å². The topological polar surface area (TPSA) is 20.3 Å². The minimum atomic E-state index is 0.197. The van der Waals surface area contributed by atoms with Gasteiger partial charge in [-0.1, -0.05) is 32.9 Å². The van der Waals surface area contributed by atoms with Gasteiger partial charge in [-0.05, 0) is 48.8 Å². The zero-order valence-electron chi connectivity index (χ0n) is 12.4. The van der Waals surface area contributed by atoms with Crippen molar-refractivity contribution in [3.8, 4) is 0 Å². The third-order valence-electron chi connectivity index (χ3n) is 4.41. The Morgan fingerprint density at radius 2 is 1.84 bits per heavy atom. The summed E-state index contributed by atoms with van der Waals surface area (Å²) in [4.78, 5) is 14.4. The molecule has 2 nitrogen and oxygen atoms in total. The van der Waals surface area contributed by atoms with Crippen LogP contribution in [-0.4, -0.2) is 23.9 Å². The van der Waals surface area contributed by atoms with Crippen LogP contribution in [0.25, 0.3) is 0 Å². The van der Waals surface area contributed by atoms with Crippen molar-refractivity contribution in [1.29, 1.82) is 0 Å². The average Bonchev–Trinajstić information content (AvgIpc) is 2.46. The smallest absolute Gasteiger partial charge is 0.253 e. The van der Waals surface area contributed by atoms with Gasteiger partial charge in [0.2, 0.25) is 0 Å². The highest BCUT2D eigenvalue weighted by atomic mass is 16.2. The molecule has 2 rings (SSSR count). The molecule has 1 heterocycles. The van der Waals surface area contributed by atoms with E-state index >= 15 is 0 Å². The molecule has 1 atom stereocenters. The molecule has 1 fully saturated rings. The first kappa shape index (κ1) is 14.1. The van der Waals surface area contributed by atoms with Crippen molar-refractivity contribution in [1.82, 2.24) is 4.90 Å². The van der Waals surface area contributed by atoms with Crippen molar-refractivity contribution < 1.29 is 4.79 Å². The van der Waals surface area contributed by atoms with Gasteiger partial charge in [0.15, 0.2) is 0 Å². The zero-order valence-corrected chi connectivity index (χ0v) is 12.4. The highest BCUT2D eigenvalue weighted by Gasteiger charge is 2.21. The number of benzene rings is 1. The summed E-state index contributed by atoms with van der Waals surface area (Å²) >= 11 is 0. The first-order valence-corrected chi connectivity index (χ1v) is 7.51. The summed E-state index contributed by atoms with van der Waals surface area (Å²) < 4.78 is 0. The lowest BCUT2D eigenvalue weighted by molar-refractivity contribution is 0.0697. The molecule has 0 spiro atoms. The first-order valence-electron chi connectivity index (χ1n) is 7.51. The SMILES string of the molecule is CCC(C)c1ccc(C(=O)N2CCC(C)CC2)cc1. The lowest BCUT2D eigenvalue weighted by atomic mass is 9.96. The van der Waals surface area contributed by atoms with E-state index in [0.29, 0.717) is 5.92 Å². The molecule has 1 amide bonds. The van der Waals surface area contributed by atoms with E-state index in [9.17, 15) is 4.79 Å². The number of rotatable bonds is 3. The second-order valence-corrected chi connectivity index (χ2v) is 5.91. The summed E-state index contributed by atoms with van der Waals surface area (Å²) in [6.07, 6.45) is 3.41. The van der Waals surface area contributed by atoms with Gasteiger partial charge in [-0.3, -0.25) is 4.79 Å². The molecule has 0 bridgehead atoms. The minimum Gasteiger partial charge on any atom is -0.339 e. The molecule has 1 aromatic carbocycles. The molecule has 1 unspecified atom stereocenters. The first-order chi connectivity index (χ1) is 9.11. The van der Waals surface area contributed by atoms with Crippen LogP contribution in [0.5, 0.6) is 0 Å². The molecule has 1 aliphatic rings. The lowest BCUT2D eigenvalue weighted by Crippen LogP contribution is -2.37. The third-order valence-corrected chi connectivity index (χ3v) is 4.41. The largest absolute Gasteiger partial charge is 0.339 e. The average molecular weight is 259 g/mol. The molecule has 1 aromatic rings. The predicted molar refractivity (Wildman–Crippen MR) is 79.4 cm³/mol. The van der Waals surface area contributed by atoms with Crippen LogP contribution in [0, 0.1) is 5.92 Å². The molecular weight excluding hydrogens is 234 g/mol. The maximum atomic E-state index is 12.4. The van der Waals surface area contributed by atoms with Crippen molar-refractivity contribution in [2.45, 2.75) is 46.0 Å². The van der Waals surface area contributed by atoms with Crippen molar-refractivity contribution in [3.05, 3.63) is 35.4 Å². The monoisotopic (exact) mass is 259 g/mol. The van der Waals surface area contributed by atoms with E-state index in [1.54, 1.807) is 0 Å². The summed E-state index contributed by atoms with van der Waals surface area (Å²) in [5, 5.41) is 0. The Labute approximate surface area is 116 Å². The van der Waals surface area contributed by atoms with E-state index in [0.717, 1.165) is 43.8 Å². The van der Waals surface area contributed by atoms with Crippen LogP contribution in [0.4, 0.5) is 0 Å². The van der Waals surface area contributed by atoms with E-state index in [1.807, 2.05) is 17.0 Å². The van der Waals surface area contributed by atoms with Gasteiger partial charge >= 0.3 is 0 Å². The maximum Gasteiger partial charge on any atom is 0.253 e. The van der Waals surface area contributed by atoms with Crippen LogP contribution >= 0.6 is 0 Å². The predicted octanol–water partition coefficient (Wildman–Crippen LogP) is 4.07. The van der Waals surface area contributed by atoms with Crippen molar-refractivity contribution in [3.63, 3.8) is 0 Å². The second kappa shape index (κ2) is 6.23. The van der Waals surface area contributed by atoms with Gasteiger partial charge in [-0.15, -0.1) is 0 Å². The van der Waals surface area contributed by atoms with Crippen LogP contribution in [0.3, 0.4) is 0 Å². The van der Waals surface area contributed by atoms with Crippen LogP contribution < -0.4 is 0 Å². The molecule has 1 saturated heterocycles. The number of carbonyl (C=O) groups is 1. The molecule has 19 heavy (non-hydrogen) atoms. The lowest BCUT2D eigenvalue weighted by Gasteiger charge is -2.30. The van der Waals surface area contributed by atoms with Gasteiger partial charge in [0.25, 0.3) is 5.91 Å². The van der Waals surface area contributed by atoms with Gasteiger partial charge in [0.05, 0.1) is 0 Å². The molecule has 104 valence electrons. The van der Waals surface area contributed by atoms with Gasteiger partial charge < -0.3 is 4.90 Å². The molecule has 0 aliphatic carbocycles. The van der Waals surface area contributed by atoms with Crippen LogP contribution in [-0.2, 0) is 0 Å². The van der Waals surface area contributed by atoms with Crippen LogP contribution in [0.2, 0.25) is 0 Å². The molecule has 0 saturated carbocycles. The standard InChI is InChI=1S/C17H25NO/c1-4-14(3)15-5-7-16(8-6-15)17(19)18-11-9-13(2)10-12-18/h5-8,13-14H,4,9-12H2,1-3H3. The number of carbonyl (C=O) groups excluding carboxylic acids is 1. The van der Waals surface area contributed by atoms with Crippen LogP contribution in [0.15, 0.2) is 24.3 Å². The molecule has 1 aliphatic heterocycles.